The zero-order chi connectivity index (χ0) is 21.8. The van der Waals surface area contributed by atoms with E-state index in [0.717, 1.165) is 30.4 Å². The van der Waals surface area contributed by atoms with Crippen molar-refractivity contribution in [1.29, 1.82) is 0 Å². The number of carbonyl (C=O) groups excluding carboxylic acids is 2. The summed E-state index contributed by atoms with van der Waals surface area (Å²) in [7, 11) is 0. The highest BCUT2D eigenvalue weighted by Crippen LogP contribution is 2.31. The topological polar surface area (TPSA) is 110 Å². The second kappa shape index (κ2) is 8.99. The minimum absolute atomic E-state index is 0.0665. The fourth-order valence-corrected chi connectivity index (χ4v) is 3.76. The van der Waals surface area contributed by atoms with Crippen molar-refractivity contribution in [3.63, 3.8) is 0 Å². The molecule has 1 fully saturated rings. The minimum Gasteiger partial charge on any atom is -0.475 e. The highest BCUT2D eigenvalue weighted by Gasteiger charge is 2.29. The molecule has 0 unspecified atom stereocenters. The van der Waals surface area contributed by atoms with Crippen LogP contribution in [0.4, 0.5) is 11.5 Å². The van der Waals surface area contributed by atoms with Crippen molar-refractivity contribution in [3.8, 4) is 5.88 Å². The number of nitrogens with two attached hydrogens (primary N) is 1. The molecule has 0 spiro atoms. The van der Waals surface area contributed by atoms with Crippen LogP contribution in [0, 0.1) is 5.92 Å². The van der Waals surface area contributed by atoms with Crippen molar-refractivity contribution in [3.05, 3.63) is 54.1 Å². The van der Waals surface area contributed by atoms with E-state index < -0.39 is 5.91 Å². The van der Waals surface area contributed by atoms with Gasteiger partial charge in [0.2, 0.25) is 11.8 Å². The van der Waals surface area contributed by atoms with Crippen molar-refractivity contribution in [2.24, 2.45) is 11.7 Å². The maximum Gasteiger partial charge on any atom is 0.258 e. The summed E-state index contributed by atoms with van der Waals surface area (Å²) >= 11 is 0. The Balaban J connectivity index is 1.52. The zero-order valence-electron chi connectivity index (χ0n) is 17.4. The number of amides is 2. The summed E-state index contributed by atoms with van der Waals surface area (Å²) < 4.78 is 5.77. The number of hydrogen-bond donors (Lipinski definition) is 2. The number of fused-ring (bicyclic) bond motifs is 1. The van der Waals surface area contributed by atoms with Gasteiger partial charge in [-0.05, 0) is 56.2 Å². The summed E-state index contributed by atoms with van der Waals surface area (Å²) in [5.41, 5.74) is 7.87. The highest BCUT2D eigenvalue weighted by atomic mass is 16.5. The molecule has 1 aromatic heterocycles. The molecule has 31 heavy (non-hydrogen) atoms. The van der Waals surface area contributed by atoms with E-state index in [-0.39, 0.29) is 11.8 Å². The number of piperidine rings is 1. The average molecular weight is 419 g/mol. The van der Waals surface area contributed by atoms with Crippen molar-refractivity contribution in [1.82, 2.24) is 9.97 Å². The lowest BCUT2D eigenvalue weighted by molar-refractivity contribution is -0.120. The number of nitrogens with one attached hydrogen (secondary N) is 1. The Morgan fingerprint density at radius 2 is 1.84 bits per heavy atom. The molecule has 8 nitrogen and oxygen atoms in total. The van der Waals surface area contributed by atoms with Crippen LogP contribution in [0.25, 0.3) is 11.0 Å². The van der Waals surface area contributed by atoms with Gasteiger partial charge in [-0.25, -0.2) is 9.97 Å². The van der Waals surface area contributed by atoms with Crippen molar-refractivity contribution in [2.45, 2.75) is 19.8 Å². The molecule has 3 aromatic rings. The standard InChI is InChI=1S/C23H25N5O3/c1-2-31-23-21(26-18-7-3-4-8-19(18)27-23)28-13-5-6-16(14-28)22(30)25-17-11-9-15(10-12-17)20(24)29/h3-4,7-12,16H,2,5-6,13-14H2,1H3,(H2,24,29)(H,25,30)/t16-/m1/s1. The Bertz CT molecular complexity index is 1100. The monoisotopic (exact) mass is 419 g/mol. The van der Waals surface area contributed by atoms with Crippen molar-refractivity contribution < 1.29 is 14.3 Å². The second-order valence-corrected chi connectivity index (χ2v) is 7.49. The van der Waals surface area contributed by atoms with Crippen LogP contribution >= 0.6 is 0 Å². The van der Waals surface area contributed by atoms with E-state index in [1.807, 2.05) is 31.2 Å². The van der Waals surface area contributed by atoms with Gasteiger partial charge < -0.3 is 20.7 Å². The molecule has 3 N–H and O–H groups in total. The third kappa shape index (κ3) is 4.58. The van der Waals surface area contributed by atoms with Crippen LogP contribution in [-0.4, -0.2) is 41.5 Å². The second-order valence-electron chi connectivity index (χ2n) is 7.49. The molecular formula is C23H25N5O3. The molecule has 1 aliphatic rings. The molecule has 1 aliphatic heterocycles. The number of anilines is 2. The first-order chi connectivity index (χ1) is 15.0. The summed E-state index contributed by atoms with van der Waals surface area (Å²) in [6, 6.07) is 14.2. The van der Waals surface area contributed by atoms with Gasteiger partial charge in [0.25, 0.3) is 5.88 Å². The van der Waals surface area contributed by atoms with E-state index in [2.05, 4.69) is 15.2 Å². The van der Waals surface area contributed by atoms with E-state index in [9.17, 15) is 9.59 Å². The minimum atomic E-state index is -0.498. The van der Waals surface area contributed by atoms with Crippen molar-refractivity contribution in [2.75, 3.05) is 29.9 Å². The van der Waals surface area contributed by atoms with Gasteiger partial charge in [-0.3, -0.25) is 9.59 Å². The molecule has 160 valence electrons. The number of aromatic nitrogens is 2. The van der Waals surface area contributed by atoms with E-state index in [4.69, 9.17) is 15.5 Å². The van der Waals surface area contributed by atoms with Gasteiger partial charge in [-0.1, -0.05) is 12.1 Å². The van der Waals surface area contributed by atoms with E-state index >= 15 is 0 Å². The quantitative estimate of drug-likeness (QED) is 0.636. The molecule has 8 heteroatoms. The fourth-order valence-electron chi connectivity index (χ4n) is 3.76. The highest BCUT2D eigenvalue weighted by molar-refractivity contribution is 5.95. The Morgan fingerprint density at radius 1 is 1.13 bits per heavy atom. The number of para-hydroxylation sites is 2. The molecule has 4 rings (SSSR count). The van der Waals surface area contributed by atoms with Crippen LogP contribution in [0.3, 0.4) is 0 Å². The first kappa shape index (κ1) is 20.6. The lowest BCUT2D eigenvalue weighted by Gasteiger charge is -2.33. The summed E-state index contributed by atoms with van der Waals surface area (Å²) in [5, 5.41) is 2.93. The van der Waals surface area contributed by atoms with Gasteiger partial charge >= 0.3 is 0 Å². The Labute approximate surface area is 180 Å². The van der Waals surface area contributed by atoms with Crippen LogP contribution in [0.1, 0.15) is 30.1 Å². The van der Waals surface area contributed by atoms with Crippen molar-refractivity contribution >= 4 is 34.4 Å². The molecule has 0 aliphatic carbocycles. The van der Waals surface area contributed by atoms with Crippen LogP contribution in [-0.2, 0) is 4.79 Å². The maximum atomic E-state index is 12.9. The SMILES string of the molecule is CCOc1nc2ccccc2nc1N1CCC[C@@H](C(=O)Nc2ccc(C(N)=O)cc2)C1. The zero-order valence-corrected chi connectivity index (χ0v) is 17.4. The normalized spacial score (nSPS) is 16.2. The molecule has 2 aromatic carbocycles. The molecule has 1 saturated heterocycles. The molecule has 2 amide bonds. The Kier molecular flexibility index (Phi) is 5.97. The number of primary amides is 1. The number of nitrogens with zero attached hydrogens (tertiary/aromatic N) is 3. The third-order valence-electron chi connectivity index (χ3n) is 5.33. The van der Waals surface area contributed by atoms with E-state index in [1.54, 1.807) is 24.3 Å². The number of benzene rings is 2. The first-order valence-corrected chi connectivity index (χ1v) is 10.4. The molecule has 0 saturated carbocycles. The molecule has 0 radical (unpaired) electrons. The van der Waals surface area contributed by atoms with Crippen LogP contribution in [0.15, 0.2) is 48.5 Å². The predicted octanol–water partition coefficient (Wildman–Crippen LogP) is 2.98. The molecular weight excluding hydrogens is 394 g/mol. The summed E-state index contributed by atoms with van der Waals surface area (Å²) in [6.07, 6.45) is 1.64. The summed E-state index contributed by atoms with van der Waals surface area (Å²) in [6.45, 7) is 3.71. The largest absolute Gasteiger partial charge is 0.475 e. The number of hydrogen-bond acceptors (Lipinski definition) is 6. The average Bonchev–Trinajstić information content (AvgIpc) is 2.79. The lowest BCUT2D eigenvalue weighted by Crippen LogP contribution is -2.41. The third-order valence-corrected chi connectivity index (χ3v) is 5.33. The van der Waals surface area contributed by atoms with E-state index in [1.165, 1.54) is 0 Å². The van der Waals surface area contributed by atoms with Crippen LogP contribution < -0.4 is 20.7 Å². The molecule has 0 bridgehead atoms. The predicted molar refractivity (Wildman–Crippen MR) is 119 cm³/mol. The smallest absolute Gasteiger partial charge is 0.258 e. The molecule has 2 heterocycles. The number of ether oxygens (including phenoxy) is 1. The summed E-state index contributed by atoms with van der Waals surface area (Å²) in [5.74, 6) is 0.395. The van der Waals surface area contributed by atoms with Gasteiger partial charge in [0, 0.05) is 24.3 Å². The fraction of sp³-hybridized carbons (Fsp3) is 0.304. The van der Waals surface area contributed by atoms with E-state index in [0.29, 0.717) is 36.1 Å². The van der Waals surface area contributed by atoms with Crippen LogP contribution in [0.5, 0.6) is 5.88 Å². The Morgan fingerprint density at radius 3 is 2.52 bits per heavy atom. The lowest BCUT2D eigenvalue weighted by atomic mass is 9.97. The first-order valence-electron chi connectivity index (χ1n) is 10.4. The summed E-state index contributed by atoms with van der Waals surface area (Å²) in [4.78, 5) is 35.6. The molecule has 1 atom stereocenters. The van der Waals surface area contributed by atoms with Gasteiger partial charge in [0.15, 0.2) is 5.82 Å². The number of carbonyl (C=O) groups is 2. The maximum absolute atomic E-state index is 12.9. The Hall–Kier alpha value is -3.68. The van der Waals surface area contributed by atoms with Crippen LogP contribution in [0.2, 0.25) is 0 Å². The van der Waals surface area contributed by atoms with Gasteiger partial charge in [-0.2, -0.15) is 0 Å². The number of rotatable bonds is 6. The van der Waals surface area contributed by atoms with Gasteiger partial charge in [0.05, 0.1) is 23.6 Å². The van der Waals surface area contributed by atoms with Gasteiger partial charge in [0.1, 0.15) is 0 Å². The van der Waals surface area contributed by atoms with Gasteiger partial charge in [-0.15, -0.1) is 0 Å².